The predicted molar refractivity (Wildman–Crippen MR) is 186 cm³/mol. The second-order valence-electron chi connectivity index (χ2n) is 11.5. The van der Waals surface area contributed by atoms with Crippen LogP contribution in [0.1, 0.15) is 38.5 Å². The van der Waals surface area contributed by atoms with Crippen LogP contribution in [0.5, 0.6) is 0 Å². The Morgan fingerprint density at radius 1 is 0.523 bits per heavy atom. The zero-order chi connectivity index (χ0) is 30.1. The highest BCUT2D eigenvalue weighted by molar-refractivity contribution is 9.11. The summed E-state index contributed by atoms with van der Waals surface area (Å²) in [7, 11) is 0. The lowest BCUT2D eigenvalue weighted by molar-refractivity contribution is 0.346. The number of aliphatic imine (C=N–C) groups is 3. The second-order valence-corrected chi connectivity index (χ2v) is 13.1. The highest BCUT2D eigenvalue weighted by Crippen LogP contribution is 2.26. The Labute approximate surface area is 277 Å². The van der Waals surface area contributed by atoms with Crippen LogP contribution in [0.4, 0.5) is 11.6 Å². The summed E-state index contributed by atoms with van der Waals surface area (Å²) in [5.74, 6) is 5.39. The van der Waals surface area contributed by atoms with E-state index in [4.69, 9.17) is 15.0 Å². The molecule has 1 N–H and O–H groups in total. The molecule has 2 aromatic rings. The summed E-state index contributed by atoms with van der Waals surface area (Å²) in [6.07, 6.45) is 7.14. The first kappa shape index (κ1) is 31.1. The van der Waals surface area contributed by atoms with Gasteiger partial charge in [0.1, 0.15) is 20.8 Å². The van der Waals surface area contributed by atoms with Crippen LogP contribution in [0, 0.1) is 0 Å². The fraction of sp³-hybridized carbons (Fsp3) is 0.581. The minimum absolute atomic E-state index is 0.854. The molecule has 0 bridgehead atoms. The summed E-state index contributed by atoms with van der Waals surface area (Å²) in [6.45, 7) is 12.9. The Hall–Kier alpha value is -2.93. The van der Waals surface area contributed by atoms with Gasteiger partial charge in [-0.15, -0.1) is 0 Å². The van der Waals surface area contributed by atoms with Crippen LogP contribution in [0.25, 0.3) is 0 Å². The lowest BCUT2D eigenvalue weighted by Crippen LogP contribution is -2.53. The van der Waals surface area contributed by atoms with Gasteiger partial charge in [0.25, 0.3) is 0 Å². The molecule has 6 aliphatic rings. The highest BCUT2D eigenvalue weighted by atomic mass is 79.9. The van der Waals surface area contributed by atoms with Crippen molar-refractivity contribution in [2.75, 3.05) is 88.3 Å². The summed E-state index contributed by atoms with van der Waals surface area (Å²) >= 11 is 6.44. The van der Waals surface area contributed by atoms with Gasteiger partial charge in [-0.1, -0.05) is 12.1 Å². The molecular formula is C31H43Br2N11. The molecule has 13 heteroatoms. The van der Waals surface area contributed by atoms with Crippen molar-refractivity contribution in [2.45, 2.75) is 38.5 Å². The normalized spacial score (nSPS) is 21.0. The SMILES string of the molecule is Brc1cccc(Br)n1.C1CN=C2NCCCN2C1.c1cc(N2CCCN3CCCN=C32)nc(N2CCCN3CCCN=C32)c1. The van der Waals surface area contributed by atoms with Gasteiger partial charge in [0.05, 0.1) is 0 Å². The summed E-state index contributed by atoms with van der Waals surface area (Å²) in [5.41, 5.74) is 0. The third-order valence-corrected chi connectivity index (χ3v) is 9.22. The lowest BCUT2D eigenvalue weighted by atomic mass is 10.2. The quantitative estimate of drug-likeness (QED) is 0.459. The number of guanidine groups is 3. The number of nitrogens with one attached hydrogen (secondary N) is 1. The zero-order valence-electron chi connectivity index (χ0n) is 25.4. The van der Waals surface area contributed by atoms with E-state index in [-0.39, 0.29) is 0 Å². The van der Waals surface area contributed by atoms with Gasteiger partial charge in [-0.05, 0) is 94.7 Å². The first-order valence-corrected chi connectivity index (χ1v) is 17.7. The van der Waals surface area contributed by atoms with Crippen molar-refractivity contribution in [1.29, 1.82) is 0 Å². The number of nitrogens with zero attached hydrogens (tertiary/aromatic N) is 10. The van der Waals surface area contributed by atoms with Gasteiger partial charge in [-0.3, -0.25) is 24.8 Å². The maximum atomic E-state index is 5.04. The maximum absolute atomic E-state index is 5.04. The van der Waals surface area contributed by atoms with Crippen LogP contribution in [-0.2, 0) is 0 Å². The largest absolute Gasteiger partial charge is 0.356 e. The highest BCUT2D eigenvalue weighted by Gasteiger charge is 2.30. The van der Waals surface area contributed by atoms with Crippen LogP contribution in [-0.4, -0.2) is 121 Å². The Balaban J connectivity index is 0.000000155. The Kier molecular flexibility index (Phi) is 10.9. The number of hydrogen-bond donors (Lipinski definition) is 1. The molecule has 2 aromatic heterocycles. The van der Waals surface area contributed by atoms with Gasteiger partial charge in [-0.25, -0.2) is 9.97 Å². The van der Waals surface area contributed by atoms with E-state index in [1.54, 1.807) is 0 Å². The standard InChI is InChI=1S/C19H27N7.C7H13N3.C5H3Br2N/c1-6-16(25-14-4-12-23-10-2-8-20-18(23)25)22-17(7-1)26-15-5-13-24-11-3-9-21-19(24)26;1-3-8-7-9-4-2-6-10(7)5-1;6-4-2-1-3-5(7)8-4/h1,6-7H,2-5,8-15H2;1-6H2,(H,8,9);1-3H. The number of pyridine rings is 2. The van der Waals surface area contributed by atoms with Crippen LogP contribution in [0.2, 0.25) is 0 Å². The van der Waals surface area contributed by atoms with E-state index in [2.05, 4.69) is 89.9 Å². The third-order valence-electron chi connectivity index (χ3n) is 8.34. The molecule has 0 atom stereocenters. The van der Waals surface area contributed by atoms with E-state index in [0.717, 1.165) is 130 Å². The minimum Gasteiger partial charge on any atom is -0.356 e. The summed E-state index contributed by atoms with van der Waals surface area (Å²) in [5, 5.41) is 3.30. The fourth-order valence-corrected chi connectivity index (χ4v) is 7.22. The predicted octanol–water partition coefficient (Wildman–Crippen LogP) is 4.27. The van der Waals surface area contributed by atoms with E-state index in [1.807, 2.05) is 18.2 Å². The van der Waals surface area contributed by atoms with Crippen molar-refractivity contribution >= 4 is 61.4 Å². The second kappa shape index (κ2) is 15.4. The topological polar surface area (TPSA) is 91.1 Å². The smallest absolute Gasteiger partial charge is 0.202 e. The molecule has 44 heavy (non-hydrogen) atoms. The van der Waals surface area contributed by atoms with Crippen LogP contribution in [0.15, 0.2) is 60.6 Å². The monoisotopic (exact) mass is 727 g/mol. The molecule has 236 valence electrons. The van der Waals surface area contributed by atoms with E-state index >= 15 is 0 Å². The van der Waals surface area contributed by atoms with Gasteiger partial charge in [-0.2, -0.15) is 0 Å². The van der Waals surface area contributed by atoms with Crippen molar-refractivity contribution < 1.29 is 0 Å². The van der Waals surface area contributed by atoms with E-state index < -0.39 is 0 Å². The maximum Gasteiger partial charge on any atom is 0.202 e. The number of halogens is 2. The molecule has 8 rings (SSSR count). The average molecular weight is 730 g/mol. The zero-order valence-corrected chi connectivity index (χ0v) is 28.6. The first-order valence-electron chi connectivity index (χ1n) is 16.1. The van der Waals surface area contributed by atoms with Gasteiger partial charge in [0.2, 0.25) is 11.9 Å². The Morgan fingerprint density at radius 2 is 1.02 bits per heavy atom. The van der Waals surface area contributed by atoms with Crippen molar-refractivity contribution in [3.8, 4) is 0 Å². The summed E-state index contributed by atoms with van der Waals surface area (Å²) < 4.78 is 1.71. The first-order chi connectivity index (χ1) is 21.7. The molecular weight excluding hydrogens is 686 g/mol. The molecule has 8 heterocycles. The number of aromatic nitrogens is 2. The molecule has 0 radical (unpaired) electrons. The van der Waals surface area contributed by atoms with E-state index in [0.29, 0.717) is 0 Å². The molecule has 0 spiro atoms. The van der Waals surface area contributed by atoms with E-state index in [1.165, 1.54) is 25.9 Å². The number of hydrogen-bond acceptors (Lipinski definition) is 11. The van der Waals surface area contributed by atoms with Gasteiger partial charge in [0, 0.05) is 78.5 Å². The molecule has 11 nitrogen and oxygen atoms in total. The number of anilines is 2. The molecule has 0 saturated carbocycles. The average Bonchev–Trinajstić information content (AvgIpc) is 3.08. The number of fused-ring (bicyclic) bond motifs is 3. The minimum atomic E-state index is 0.854. The Morgan fingerprint density at radius 3 is 1.57 bits per heavy atom. The van der Waals surface area contributed by atoms with Crippen LogP contribution in [0.3, 0.4) is 0 Å². The molecule has 0 aliphatic carbocycles. The molecule has 0 unspecified atom stereocenters. The summed E-state index contributed by atoms with van der Waals surface area (Å²) in [4.78, 5) is 34.8. The van der Waals surface area contributed by atoms with Crippen molar-refractivity contribution in [3.63, 3.8) is 0 Å². The molecule has 0 amide bonds. The fourth-order valence-electron chi connectivity index (χ4n) is 6.29. The Bertz CT molecular complexity index is 1270. The lowest BCUT2D eigenvalue weighted by Gasteiger charge is -2.42. The molecule has 3 saturated heterocycles. The molecule has 0 aromatic carbocycles. The number of rotatable bonds is 2. The van der Waals surface area contributed by atoms with Crippen LogP contribution < -0.4 is 15.1 Å². The summed E-state index contributed by atoms with van der Waals surface area (Å²) in [6, 6.07) is 12.0. The van der Waals surface area contributed by atoms with Crippen molar-refractivity contribution in [2.24, 2.45) is 15.0 Å². The molecule has 3 fully saturated rings. The van der Waals surface area contributed by atoms with Gasteiger partial charge in [0.15, 0.2) is 5.96 Å². The van der Waals surface area contributed by atoms with Crippen molar-refractivity contribution in [1.82, 2.24) is 30.0 Å². The van der Waals surface area contributed by atoms with Crippen LogP contribution >= 0.6 is 31.9 Å². The van der Waals surface area contributed by atoms with Crippen molar-refractivity contribution in [3.05, 3.63) is 45.6 Å². The third kappa shape index (κ3) is 7.82. The van der Waals surface area contributed by atoms with Gasteiger partial charge < -0.3 is 20.0 Å². The van der Waals surface area contributed by atoms with Gasteiger partial charge >= 0.3 is 0 Å². The molecule has 6 aliphatic heterocycles. The van der Waals surface area contributed by atoms with E-state index in [9.17, 15) is 0 Å².